The van der Waals surface area contributed by atoms with Gasteiger partial charge in [-0.15, -0.1) is 0 Å². The third-order valence-corrected chi connectivity index (χ3v) is 2.59. The second-order valence-electron chi connectivity index (χ2n) is 3.78. The zero-order valence-corrected chi connectivity index (χ0v) is 10.5. The first-order valence-corrected chi connectivity index (χ1v) is 5.82. The molecule has 0 aliphatic heterocycles. The molecule has 0 aliphatic carbocycles. The second-order valence-corrected chi connectivity index (χ2v) is 4.21. The molecule has 0 unspecified atom stereocenters. The first kappa shape index (κ1) is 14.4. The van der Waals surface area contributed by atoms with Gasteiger partial charge in [0.1, 0.15) is 11.9 Å². The molecule has 1 aromatic carbocycles. The highest BCUT2D eigenvalue weighted by Crippen LogP contribution is 2.14. The quantitative estimate of drug-likeness (QED) is 0.866. The maximum atomic E-state index is 13.4. The Morgan fingerprint density at radius 2 is 2.17 bits per heavy atom. The van der Waals surface area contributed by atoms with Crippen LogP contribution in [0.2, 0.25) is 5.02 Å². The number of carboxylic acid groups (broad SMARTS) is 1. The summed E-state index contributed by atoms with van der Waals surface area (Å²) in [5.41, 5.74) is -0.221. The Balaban J connectivity index is 2.83. The molecular formula is C12H13ClFNO3. The van der Waals surface area contributed by atoms with Crippen molar-refractivity contribution in [1.82, 2.24) is 5.32 Å². The molecule has 98 valence electrons. The van der Waals surface area contributed by atoms with Crippen LogP contribution in [0.5, 0.6) is 0 Å². The Labute approximate surface area is 109 Å². The highest BCUT2D eigenvalue weighted by molar-refractivity contribution is 6.30. The maximum Gasteiger partial charge on any atom is 0.326 e. The molecule has 0 fully saturated rings. The molecule has 6 heteroatoms. The van der Waals surface area contributed by atoms with Gasteiger partial charge in [-0.2, -0.15) is 0 Å². The Bertz CT molecular complexity index is 465. The topological polar surface area (TPSA) is 66.4 Å². The van der Waals surface area contributed by atoms with Gasteiger partial charge in [0.15, 0.2) is 0 Å². The van der Waals surface area contributed by atoms with E-state index in [9.17, 15) is 14.0 Å². The lowest BCUT2D eigenvalue weighted by molar-refractivity contribution is -0.139. The molecule has 0 aliphatic rings. The number of halogens is 2. The molecule has 2 N–H and O–H groups in total. The molecule has 1 amide bonds. The molecule has 0 aromatic heterocycles. The monoisotopic (exact) mass is 273 g/mol. The standard InChI is InChI=1S/C12H13ClFNO3/c1-2-3-10(12(17)18)15-11(16)8-5-4-7(13)6-9(8)14/h4-6,10H,2-3H2,1H3,(H,15,16)(H,17,18)/t10-/m0/s1. The zero-order valence-electron chi connectivity index (χ0n) is 9.74. The van der Waals surface area contributed by atoms with Crippen LogP contribution in [0.3, 0.4) is 0 Å². The third-order valence-electron chi connectivity index (χ3n) is 2.36. The highest BCUT2D eigenvalue weighted by Gasteiger charge is 2.21. The number of amides is 1. The molecule has 0 bridgehead atoms. The van der Waals surface area contributed by atoms with Crippen molar-refractivity contribution in [3.8, 4) is 0 Å². The second kappa shape index (κ2) is 6.35. The first-order valence-electron chi connectivity index (χ1n) is 5.44. The fraction of sp³-hybridized carbons (Fsp3) is 0.333. The lowest BCUT2D eigenvalue weighted by Crippen LogP contribution is -2.40. The lowest BCUT2D eigenvalue weighted by Gasteiger charge is -2.13. The summed E-state index contributed by atoms with van der Waals surface area (Å²) in [4.78, 5) is 22.6. The number of aliphatic carboxylic acids is 1. The van der Waals surface area contributed by atoms with E-state index in [1.165, 1.54) is 12.1 Å². The van der Waals surface area contributed by atoms with Crippen molar-refractivity contribution in [2.24, 2.45) is 0 Å². The largest absolute Gasteiger partial charge is 0.480 e. The van der Waals surface area contributed by atoms with E-state index in [1.807, 2.05) is 0 Å². The van der Waals surface area contributed by atoms with E-state index in [-0.39, 0.29) is 17.0 Å². The van der Waals surface area contributed by atoms with Crippen LogP contribution in [0.15, 0.2) is 18.2 Å². The maximum absolute atomic E-state index is 13.4. The van der Waals surface area contributed by atoms with Gasteiger partial charge in [0, 0.05) is 5.02 Å². The molecule has 0 saturated carbocycles. The highest BCUT2D eigenvalue weighted by atomic mass is 35.5. The van der Waals surface area contributed by atoms with Crippen molar-refractivity contribution in [3.05, 3.63) is 34.6 Å². The van der Waals surface area contributed by atoms with E-state index >= 15 is 0 Å². The number of carboxylic acids is 1. The number of carbonyl (C=O) groups is 2. The van der Waals surface area contributed by atoms with Gasteiger partial charge in [-0.05, 0) is 24.6 Å². The van der Waals surface area contributed by atoms with E-state index in [0.29, 0.717) is 6.42 Å². The van der Waals surface area contributed by atoms with Crippen molar-refractivity contribution in [3.63, 3.8) is 0 Å². The third kappa shape index (κ3) is 3.70. The van der Waals surface area contributed by atoms with E-state index in [1.54, 1.807) is 6.92 Å². The number of rotatable bonds is 5. The fourth-order valence-corrected chi connectivity index (χ4v) is 1.61. The summed E-state index contributed by atoms with van der Waals surface area (Å²) in [6, 6.07) is 2.58. The molecule has 0 saturated heterocycles. The number of hydrogen-bond acceptors (Lipinski definition) is 2. The van der Waals surface area contributed by atoms with Crippen LogP contribution in [-0.4, -0.2) is 23.0 Å². The minimum atomic E-state index is -1.14. The summed E-state index contributed by atoms with van der Waals surface area (Å²) >= 11 is 5.56. The molecule has 1 atom stereocenters. The molecule has 4 nitrogen and oxygen atoms in total. The Morgan fingerprint density at radius 3 is 2.67 bits per heavy atom. The van der Waals surface area contributed by atoms with Crippen LogP contribution in [0.25, 0.3) is 0 Å². The van der Waals surface area contributed by atoms with Gasteiger partial charge in [-0.1, -0.05) is 24.9 Å². The van der Waals surface area contributed by atoms with E-state index in [4.69, 9.17) is 16.7 Å². The summed E-state index contributed by atoms with van der Waals surface area (Å²) in [7, 11) is 0. The van der Waals surface area contributed by atoms with Gasteiger partial charge in [0.25, 0.3) is 5.91 Å². The average Bonchev–Trinajstić information content (AvgIpc) is 2.27. The van der Waals surface area contributed by atoms with Gasteiger partial charge in [0.05, 0.1) is 5.56 Å². The Morgan fingerprint density at radius 1 is 1.50 bits per heavy atom. The minimum Gasteiger partial charge on any atom is -0.480 e. The average molecular weight is 274 g/mol. The molecule has 0 spiro atoms. The summed E-state index contributed by atoms with van der Waals surface area (Å²) in [6.45, 7) is 1.80. The summed E-state index contributed by atoms with van der Waals surface area (Å²) in [5.74, 6) is -2.68. The van der Waals surface area contributed by atoms with Crippen molar-refractivity contribution >= 4 is 23.5 Å². The number of carbonyl (C=O) groups excluding carboxylic acids is 1. The fourth-order valence-electron chi connectivity index (χ4n) is 1.46. The van der Waals surface area contributed by atoms with Crippen molar-refractivity contribution < 1.29 is 19.1 Å². The van der Waals surface area contributed by atoms with Crippen LogP contribution in [0.4, 0.5) is 4.39 Å². The molecule has 1 rings (SSSR count). The predicted octanol–water partition coefficient (Wildman–Crippen LogP) is 2.46. The van der Waals surface area contributed by atoms with Crippen LogP contribution < -0.4 is 5.32 Å². The van der Waals surface area contributed by atoms with Crippen LogP contribution >= 0.6 is 11.6 Å². The number of hydrogen-bond donors (Lipinski definition) is 2. The summed E-state index contributed by atoms with van der Waals surface area (Å²) in [6.07, 6.45) is 0.886. The molecule has 18 heavy (non-hydrogen) atoms. The van der Waals surface area contributed by atoms with Crippen LogP contribution in [-0.2, 0) is 4.79 Å². The normalized spacial score (nSPS) is 11.9. The van der Waals surface area contributed by atoms with Crippen LogP contribution in [0, 0.1) is 5.82 Å². The molecule has 0 radical (unpaired) electrons. The van der Waals surface area contributed by atoms with Gasteiger partial charge < -0.3 is 10.4 Å². The lowest BCUT2D eigenvalue weighted by atomic mass is 10.1. The van der Waals surface area contributed by atoms with E-state index in [2.05, 4.69) is 5.32 Å². The SMILES string of the molecule is CCC[C@H](NC(=O)c1ccc(Cl)cc1F)C(=O)O. The predicted molar refractivity (Wildman–Crippen MR) is 65.2 cm³/mol. The minimum absolute atomic E-state index is 0.174. The Hall–Kier alpha value is -1.62. The van der Waals surface area contributed by atoms with Crippen LogP contribution in [0.1, 0.15) is 30.1 Å². The van der Waals surface area contributed by atoms with Crippen molar-refractivity contribution in [1.29, 1.82) is 0 Å². The van der Waals surface area contributed by atoms with Crippen molar-refractivity contribution in [2.75, 3.05) is 0 Å². The van der Waals surface area contributed by atoms with E-state index in [0.717, 1.165) is 6.07 Å². The smallest absolute Gasteiger partial charge is 0.326 e. The number of benzene rings is 1. The molecule has 1 aromatic rings. The summed E-state index contributed by atoms with van der Waals surface area (Å²) < 4.78 is 13.4. The first-order chi connectivity index (χ1) is 8.45. The summed E-state index contributed by atoms with van der Waals surface area (Å²) in [5, 5.41) is 11.3. The van der Waals surface area contributed by atoms with Gasteiger partial charge in [-0.25, -0.2) is 9.18 Å². The zero-order chi connectivity index (χ0) is 13.7. The van der Waals surface area contributed by atoms with Crippen molar-refractivity contribution in [2.45, 2.75) is 25.8 Å². The number of nitrogens with one attached hydrogen (secondary N) is 1. The Kier molecular flexibility index (Phi) is 5.09. The van der Waals surface area contributed by atoms with E-state index < -0.39 is 23.7 Å². The van der Waals surface area contributed by atoms with Gasteiger partial charge in [-0.3, -0.25) is 4.79 Å². The molecule has 0 heterocycles. The molecular weight excluding hydrogens is 261 g/mol. The van der Waals surface area contributed by atoms with Gasteiger partial charge in [0.2, 0.25) is 0 Å². The van der Waals surface area contributed by atoms with Gasteiger partial charge >= 0.3 is 5.97 Å².